The van der Waals surface area contributed by atoms with Crippen molar-refractivity contribution < 1.29 is 24.2 Å². The van der Waals surface area contributed by atoms with Gasteiger partial charge in [0.15, 0.2) is 5.78 Å². The van der Waals surface area contributed by atoms with Gasteiger partial charge in [-0.25, -0.2) is 4.79 Å². The van der Waals surface area contributed by atoms with E-state index in [-0.39, 0.29) is 29.6 Å². The van der Waals surface area contributed by atoms with Gasteiger partial charge >= 0.3 is 5.97 Å². The van der Waals surface area contributed by atoms with E-state index in [0.717, 1.165) is 5.56 Å². The van der Waals surface area contributed by atoms with Crippen molar-refractivity contribution in [2.45, 2.75) is 38.5 Å². The molecule has 1 N–H and O–H groups in total. The van der Waals surface area contributed by atoms with Gasteiger partial charge in [0.25, 0.3) is 0 Å². The van der Waals surface area contributed by atoms with Crippen LogP contribution in [0.3, 0.4) is 0 Å². The number of aromatic carboxylic acids is 1. The fraction of sp³-hybridized carbons (Fsp3) is 0.292. The molecule has 1 atom stereocenters. The molecule has 2 aromatic rings. The van der Waals surface area contributed by atoms with Crippen molar-refractivity contribution >= 4 is 23.3 Å². The van der Waals surface area contributed by atoms with E-state index < -0.39 is 5.97 Å². The molecule has 30 heavy (non-hydrogen) atoms. The summed E-state index contributed by atoms with van der Waals surface area (Å²) in [7, 11) is 0. The van der Waals surface area contributed by atoms with E-state index in [4.69, 9.17) is 4.74 Å². The molecule has 1 aliphatic carbocycles. The molecule has 4 rings (SSSR count). The maximum atomic E-state index is 13.3. The van der Waals surface area contributed by atoms with Gasteiger partial charge in [0.1, 0.15) is 5.75 Å². The van der Waals surface area contributed by atoms with Crippen molar-refractivity contribution in [3.8, 4) is 5.75 Å². The minimum atomic E-state index is -1.06. The number of allylic oxidation sites excluding steroid dienone is 2. The lowest BCUT2D eigenvalue weighted by molar-refractivity contribution is -0.119. The second-order valence-electron chi connectivity index (χ2n) is 7.45. The Hall–Kier alpha value is -3.41. The Bertz CT molecular complexity index is 1060. The number of benzene rings is 2. The standard InChI is InChI=1S/C24H23NO5/c1-2-30-21-12-4-3-9-17(21)18-14-22(27)25(19-10-6-11-20(26)23(18)19)16-8-5-7-15(13-16)24(28)29/h3-5,7-9,12-13,18H,2,6,10-11,14H2,1H3,(H,28,29). The van der Waals surface area contributed by atoms with Gasteiger partial charge in [-0.05, 0) is 44.0 Å². The smallest absolute Gasteiger partial charge is 0.335 e. The molecule has 0 spiro atoms. The molecule has 1 amide bonds. The lowest BCUT2D eigenvalue weighted by Crippen LogP contribution is -2.40. The van der Waals surface area contributed by atoms with Crippen molar-refractivity contribution in [3.05, 3.63) is 70.9 Å². The first-order valence-corrected chi connectivity index (χ1v) is 10.2. The van der Waals surface area contributed by atoms with Crippen molar-refractivity contribution in [1.29, 1.82) is 0 Å². The third-order valence-electron chi connectivity index (χ3n) is 5.62. The Labute approximate surface area is 174 Å². The summed E-state index contributed by atoms with van der Waals surface area (Å²) in [5, 5.41) is 9.34. The molecule has 0 bridgehead atoms. The zero-order chi connectivity index (χ0) is 21.3. The lowest BCUT2D eigenvalue weighted by atomic mass is 9.77. The van der Waals surface area contributed by atoms with Crippen LogP contribution < -0.4 is 9.64 Å². The van der Waals surface area contributed by atoms with Crippen molar-refractivity contribution in [1.82, 2.24) is 0 Å². The maximum absolute atomic E-state index is 13.3. The molecule has 154 valence electrons. The van der Waals surface area contributed by atoms with E-state index in [9.17, 15) is 19.5 Å². The maximum Gasteiger partial charge on any atom is 0.335 e. The summed E-state index contributed by atoms with van der Waals surface area (Å²) < 4.78 is 5.77. The van der Waals surface area contributed by atoms with Crippen LogP contribution in [0.4, 0.5) is 5.69 Å². The summed E-state index contributed by atoms with van der Waals surface area (Å²) in [5.41, 5.74) is 2.76. The zero-order valence-electron chi connectivity index (χ0n) is 16.8. The number of amides is 1. The lowest BCUT2D eigenvalue weighted by Gasteiger charge is -2.38. The first kappa shape index (κ1) is 19.9. The van der Waals surface area contributed by atoms with E-state index in [0.29, 0.717) is 48.6 Å². The van der Waals surface area contributed by atoms with E-state index in [1.54, 1.807) is 17.0 Å². The highest BCUT2D eigenvalue weighted by molar-refractivity contribution is 6.08. The van der Waals surface area contributed by atoms with Crippen molar-refractivity contribution in [3.63, 3.8) is 0 Å². The number of hydrogen-bond donors (Lipinski definition) is 1. The molecule has 1 heterocycles. The number of ether oxygens (including phenoxy) is 1. The van der Waals surface area contributed by atoms with Gasteiger partial charge in [-0.2, -0.15) is 0 Å². The molecule has 6 heteroatoms. The van der Waals surface area contributed by atoms with Gasteiger partial charge in [0, 0.05) is 41.3 Å². The second-order valence-corrected chi connectivity index (χ2v) is 7.45. The monoisotopic (exact) mass is 405 g/mol. The molecule has 6 nitrogen and oxygen atoms in total. The Morgan fingerprint density at radius 3 is 2.70 bits per heavy atom. The molecular weight excluding hydrogens is 382 g/mol. The molecule has 0 radical (unpaired) electrons. The van der Waals surface area contributed by atoms with E-state index >= 15 is 0 Å². The van der Waals surface area contributed by atoms with Gasteiger partial charge in [-0.3, -0.25) is 14.5 Å². The van der Waals surface area contributed by atoms with Gasteiger partial charge in [0.2, 0.25) is 5.91 Å². The van der Waals surface area contributed by atoms with Crippen molar-refractivity contribution in [2.24, 2.45) is 0 Å². The molecule has 0 saturated heterocycles. The fourth-order valence-corrected chi connectivity index (χ4v) is 4.39. The van der Waals surface area contributed by atoms with Gasteiger partial charge in [-0.1, -0.05) is 24.3 Å². The Balaban J connectivity index is 1.86. The number of anilines is 1. The molecule has 2 aromatic carbocycles. The first-order chi connectivity index (χ1) is 14.5. The van der Waals surface area contributed by atoms with E-state index in [1.807, 2.05) is 31.2 Å². The highest BCUT2D eigenvalue weighted by Gasteiger charge is 2.40. The molecule has 1 aliphatic heterocycles. The molecule has 2 aliphatic rings. The summed E-state index contributed by atoms with van der Waals surface area (Å²) in [6.07, 6.45) is 1.84. The number of rotatable bonds is 5. The van der Waals surface area contributed by atoms with Crippen LogP contribution in [-0.4, -0.2) is 29.4 Å². The molecule has 0 aromatic heterocycles. The van der Waals surface area contributed by atoms with Gasteiger partial charge in [-0.15, -0.1) is 0 Å². The van der Waals surface area contributed by atoms with Crippen molar-refractivity contribution in [2.75, 3.05) is 11.5 Å². The summed E-state index contributed by atoms with van der Waals surface area (Å²) >= 11 is 0. The normalized spacial score (nSPS) is 19.0. The third-order valence-corrected chi connectivity index (χ3v) is 5.62. The first-order valence-electron chi connectivity index (χ1n) is 10.2. The van der Waals surface area contributed by atoms with Crippen LogP contribution in [0.15, 0.2) is 59.8 Å². The number of carbonyl (C=O) groups is 3. The zero-order valence-corrected chi connectivity index (χ0v) is 16.8. The minimum absolute atomic E-state index is 0.0411. The highest BCUT2D eigenvalue weighted by Crippen LogP contribution is 2.45. The van der Waals surface area contributed by atoms with Gasteiger partial charge < -0.3 is 9.84 Å². The van der Waals surface area contributed by atoms with Crippen LogP contribution in [0.5, 0.6) is 5.75 Å². The highest BCUT2D eigenvalue weighted by atomic mass is 16.5. The van der Waals surface area contributed by atoms with E-state index in [2.05, 4.69) is 0 Å². The quantitative estimate of drug-likeness (QED) is 0.801. The summed E-state index contributed by atoms with van der Waals surface area (Å²) in [5.74, 6) is -0.841. The summed E-state index contributed by atoms with van der Waals surface area (Å²) in [6.45, 7) is 2.39. The number of carboxylic acid groups (broad SMARTS) is 1. The number of nitrogens with zero attached hydrogens (tertiary/aromatic N) is 1. The van der Waals surface area contributed by atoms with Crippen LogP contribution >= 0.6 is 0 Å². The van der Waals surface area contributed by atoms with Crippen LogP contribution in [-0.2, 0) is 9.59 Å². The number of Topliss-reactive ketones (excluding diaryl/α,β-unsaturated/α-hetero) is 1. The number of carboxylic acids is 1. The summed E-state index contributed by atoms with van der Waals surface area (Å²) in [6, 6.07) is 13.8. The SMILES string of the molecule is CCOc1ccccc1C1CC(=O)N(c2cccc(C(=O)O)c2)C2=C1C(=O)CCC2. The van der Waals surface area contributed by atoms with E-state index in [1.165, 1.54) is 12.1 Å². The minimum Gasteiger partial charge on any atom is -0.494 e. The summed E-state index contributed by atoms with van der Waals surface area (Å²) in [4.78, 5) is 39.2. The fourth-order valence-electron chi connectivity index (χ4n) is 4.39. The van der Waals surface area contributed by atoms with Crippen LogP contribution in [0.1, 0.15) is 54.4 Å². The second kappa shape index (κ2) is 8.14. The third kappa shape index (κ3) is 3.49. The Kier molecular flexibility index (Phi) is 5.40. The number of hydrogen-bond acceptors (Lipinski definition) is 4. The molecule has 0 saturated carbocycles. The average Bonchev–Trinajstić information content (AvgIpc) is 2.74. The molecule has 1 unspecified atom stereocenters. The number of para-hydroxylation sites is 1. The Morgan fingerprint density at radius 1 is 1.13 bits per heavy atom. The largest absolute Gasteiger partial charge is 0.494 e. The average molecular weight is 405 g/mol. The predicted octanol–water partition coefficient (Wildman–Crippen LogP) is 4.31. The number of ketones is 1. The Morgan fingerprint density at radius 2 is 1.93 bits per heavy atom. The van der Waals surface area contributed by atoms with Crippen LogP contribution in [0.25, 0.3) is 0 Å². The van der Waals surface area contributed by atoms with Gasteiger partial charge in [0.05, 0.1) is 12.2 Å². The predicted molar refractivity (Wildman–Crippen MR) is 112 cm³/mol. The topological polar surface area (TPSA) is 83.9 Å². The molecule has 0 fully saturated rings. The van der Waals surface area contributed by atoms with Crippen LogP contribution in [0, 0.1) is 0 Å². The number of carbonyl (C=O) groups excluding carboxylic acids is 2. The molecular formula is C24H23NO5. The van der Waals surface area contributed by atoms with Crippen LogP contribution in [0.2, 0.25) is 0 Å².